The number of benzene rings is 1. The number of hydrogen-bond acceptors (Lipinski definition) is 0. The van der Waals surface area contributed by atoms with Crippen LogP contribution in [0, 0.1) is 17.5 Å². The monoisotopic (exact) mass is 248 g/mol. The zero-order chi connectivity index (χ0) is 10.2. The van der Waals surface area contributed by atoms with E-state index < -0.39 is 27.5 Å². The standard InChI is InChI=1S/C7H2Cl3F3/c8-1-2-3(9)6(12)7(13)4(10)5(2)11/h1H2. The Bertz CT molecular complexity index is 322. The smallest absolute Gasteiger partial charge is 0.181 e. The van der Waals surface area contributed by atoms with Gasteiger partial charge >= 0.3 is 0 Å². The Balaban J connectivity index is 3.56. The van der Waals surface area contributed by atoms with Crippen LogP contribution in [0.25, 0.3) is 0 Å². The molecule has 0 saturated carbocycles. The molecule has 0 unspecified atom stereocenters. The number of rotatable bonds is 1. The van der Waals surface area contributed by atoms with Gasteiger partial charge in [0.1, 0.15) is 5.02 Å². The summed E-state index contributed by atoms with van der Waals surface area (Å²) >= 11 is 15.7. The average Bonchev–Trinajstić information content (AvgIpc) is 2.13. The third-order valence-corrected chi connectivity index (χ3v) is 2.43. The summed E-state index contributed by atoms with van der Waals surface area (Å²) in [4.78, 5) is 0. The SMILES string of the molecule is Fc1c(F)c(Cl)c(CCl)c(F)c1Cl. The van der Waals surface area contributed by atoms with Gasteiger partial charge in [-0.1, -0.05) is 23.2 Å². The summed E-state index contributed by atoms with van der Waals surface area (Å²) in [5, 5.41) is -1.60. The predicted molar refractivity (Wildman–Crippen MR) is 45.9 cm³/mol. The van der Waals surface area contributed by atoms with Crippen molar-refractivity contribution in [2.75, 3.05) is 0 Å². The van der Waals surface area contributed by atoms with E-state index in [-0.39, 0.29) is 11.4 Å². The van der Waals surface area contributed by atoms with E-state index in [2.05, 4.69) is 0 Å². The van der Waals surface area contributed by atoms with Gasteiger partial charge in [-0.05, 0) is 0 Å². The van der Waals surface area contributed by atoms with Gasteiger partial charge in [-0.2, -0.15) is 0 Å². The van der Waals surface area contributed by atoms with Crippen LogP contribution in [0.15, 0.2) is 0 Å². The van der Waals surface area contributed by atoms with Crippen molar-refractivity contribution in [1.82, 2.24) is 0 Å². The van der Waals surface area contributed by atoms with Crippen molar-refractivity contribution in [3.63, 3.8) is 0 Å². The van der Waals surface area contributed by atoms with E-state index in [0.29, 0.717) is 0 Å². The minimum absolute atomic E-state index is 0.341. The molecule has 0 radical (unpaired) electrons. The third-order valence-electron chi connectivity index (χ3n) is 1.43. The lowest BCUT2D eigenvalue weighted by molar-refractivity contribution is 0.493. The van der Waals surface area contributed by atoms with Crippen molar-refractivity contribution in [3.05, 3.63) is 33.1 Å². The lowest BCUT2D eigenvalue weighted by atomic mass is 10.2. The zero-order valence-electron chi connectivity index (χ0n) is 5.97. The zero-order valence-corrected chi connectivity index (χ0v) is 8.24. The van der Waals surface area contributed by atoms with Gasteiger partial charge in [0.05, 0.1) is 10.9 Å². The Labute approximate surface area is 87.2 Å². The summed E-state index contributed by atoms with van der Waals surface area (Å²) in [5.74, 6) is -4.39. The maximum atomic E-state index is 13.0. The second-order valence-electron chi connectivity index (χ2n) is 2.18. The molecule has 13 heavy (non-hydrogen) atoms. The lowest BCUT2D eigenvalue weighted by Gasteiger charge is -2.06. The third kappa shape index (κ3) is 1.73. The normalized spacial score (nSPS) is 10.6. The molecule has 0 aliphatic carbocycles. The van der Waals surface area contributed by atoms with Crippen molar-refractivity contribution >= 4 is 34.8 Å². The molecular formula is C7H2Cl3F3. The Morgan fingerprint density at radius 2 is 1.31 bits per heavy atom. The molecule has 1 aromatic rings. The number of alkyl halides is 1. The molecule has 0 atom stereocenters. The fourth-order valence-corrected chi connectivity index (χ4v) is 1.52. The highest BCUT2D eigenvalue weighted by Gasteiger charge is 2.21. The first-order valence-electron chi connectivity index (χ1n) is 3.07. The summed E-state index contributed by atoms with van der Waals surface area (Å²) in [6.07, 6.45) is 0. The summed E-state index contributed by atoms with van der Waals surface area (Å²) in [6, 6.07) is 0. The first kappa shape index (κ1) is 11.0. The van der Waals surface area contributed by atoms with E-state index in [4.69, 9.17) is 34.8 Å². The van der Waals surface area contributed by atoms with E-state index in [0.717, 1.165) is 0 Å². The maximum Gasteiger partial charge on any atom is 0.181 e. The summed E-state index contributed by atoms with van der Waals surface area (Å²) < 4.78 is 38.5. The molecule has 0 saturated heterocycles. The van der Waals surface area contributed by atoms with Gasteiger partial charge in [-0.15, -0.1) is 11.6 Å². The summed E-state index contributed by atoms with van der Waals surface area (Å²) in [7, 11) is 0. The van der Waals surface area contributed by atoms with Crippen LogP contribution in [0.4, 0.5) is 13.2 Å². The quantitative estimate of drug-likeness (QED) is 0.398. The van der Waals surface area contributed by atoms with Gasteiger partial charge in [-0.3, -0.25) is 0 Å². The second-order valence-corrected chi connectivity index (χ2v) is 3.21. The topological polar surface area (TPSA) is 0 Å². The van der Waals surface area contributed by atoms with Gasteiger partial charge in [0.15, 0.2) is 17.5 Å². The van der Waals surface area contributed by atoms with Crippen LogP contribution in [0.3, 0.4) is 0 Å². The molecule has 1 rings (SSSR count). The molecule has 0 bridgehead atoms. The van der Waals surface area contributed by atoms with E-state index in [1.165, 1.54) is 0 Å². The molecule has 0 aromatic heterocycles. The first-order chi connectivity index (χ1) is 6.00. The maximum absolute atomic E-state index is 13.0. The highest BCUT2D eigenvalue weighted by Crippen LogP contribution is 2.32. The van der Waals surface area contributed by atoms with Crippen LogP contribution in [0.1, 0.15) is 5.56 Å². The van der Waals surface area contributed by atoms with Gasteiger partial charge < -0.3 is 0 Å². The summed E-state index contributed by atoms with van der Waals surface area (Å²) in [5.41, 5.74) is -0.341. The molecule has 0 fully saturated rings. The summed E-state index contributed by atoms with van der Waals surface area (Å²) in [6.45, 7) is 0. The van der Waals surface area contributed by atoms with Crippen LogP contribution < -0.4 is 0 Å². The molecule has 0 aliphatic heterocycles. The largest absolute Gasteiger partial charge is 0.205 e. The van der Waals surface area contributed by atoms with Crippen molar-refractivity contribution in [2.24, 2.45) is 0 Å². The molecule has 0 spiro atoms. The molecule has 0 N–H and O–H groups in total. The Kier molecular flexibility index (Phi) is 3.33. The molecule has 0 aliphatic rings. The van der Waals surface area contributed by atoms with Gasteiger partial charge in [0.25, 0.3) is 0 Å². The van der Waals surface area contributed by atoms with Crippen molar-refractivity contribution in [1.29, 1.82) is 0 Å². The Morgan fingerprint density at radius 1 is 0.846 bits per heavy atom. The van der Waals surface area contributed by atoms with Crippen LogP contribution in [-0.2, 0) is 5.88 Å². The van der Waals surface area contributed by atoms with E-state index in [9.17, 15) is 13.2 Å². The van der Waals surface area contributed by atoms with E-state index in [1.54, 1.807) is 0 Å². The minimum Gasteiger partial charge on any atom is -0.205 e. The van der Waals surface area contributed by atoms with Gasteiger partial charge in [-0.25, -0.2) is 13.2 Å². The molecular weight excluding hydrogens is 247 g/mol. The molecule has 1 aromatic carbocycles. The minimum atomic E-state index is -1.50. The predicted octanol–water partition coefficient (Wildman–Crippen LogP) is 4.15. The second kappa shape index (κ2) is 3.95. The van der Waals surface area contributed by atoms with Crippen LogP contribution >= 0.6 is 34.8 Å². The van der Waals surface area contributed by atoms with Gasteiger partial charge in [0, 0.05) is 5.56 Å². The average molecular weight is 249 g/mol. The lowest BCUT2D eigenvalue weighted by Crippen LogP contribution is -1.98. The molecule has 0 nitrogen and oxygen atoms in total. The van der Waals surface area contributed by atoms with Crippen molar-refractivity contribution in [3.8, 4) is 0 Å². The molecule has 6 heteroatoms. The van der Waals surface area contributed by atoms with E-state index >= 15 is 0 Å². The fraction of sp³-hybridized carbons (Fsp3) is 0.143. The highest BCUT2D eigenvalue weighted by molar-refractivity contribution is 6.34. The molecule has 72 valence electrons. The van der Waals surface area contributed by atoms with Crippen molar-refractivity contribution < 1.29 is 13.2 Å². The molecule has 0 amide bonds. The number of halogens is 6. The van der Waals surface area contributed by atoms with Crippen molar-refractivity contribution in [2.45, 2.75) is 5.88 Å². The van der Waals surface area contributed by atoms with Gasteiger partial charge in [0.2, 0.25) is 0 Å². The van der Waals surface area contributed by atoms with Crippen LogP contribution in [-0.4, -0.2) is 0 Å². The Morgan fingerprint density at radius 3 is 1.77 bits per heavy atom. The van der Waals surface area contributed by atoms with Crippen LogP contribution in [0.5, 0.6) is 0 Å². The first-order valence-corrected chi connectivity index (χ1v) is 4.36. The molecule has 0 heterocycles. The fourth-order valence-electron chi connectivity index (χ4n) is 0.768. The number of hydrogen-bond donors (Lipinski definition) is 0. The van der Waals surface area contributed by atoms with Crippen LogP contribution in [0.2, 0.25) is 10.0 Å². The Hall–Kier alpha value is -0.120. The van der Waals surface area contributed by atoms with E-state index in [1.807, 2.05) is 0 Å². The highest BCUT2D eigenvalue weighted by atomic mass is 35.5.